The lowest BCUT2D eigenvalue weighted by atomic mass is 10.1. The molecule has 0 spiro atoms. The predicted octanol–water partition coefficient (Wildman–Crippen LogP) is 4.20. The third-order valence-electron chi connectivity index (χ3n) is 3.18. The Bertz CT molecular complexity index is 637. The lowest BCUT2D eigenvalue weighted by Gasteiger charge is -2.26. The van der Waals surface area contributed by atoms with E-state index >= 15 is 0 Å². The average Bonchev–Trinajstić information content (AvgIpc) is 2.39. The van der Waals surface area contributed by atoms with Crippen LogP contribution >= 0.6 is 15.9 Å². The summed E-state index contributed by atoms with van der Waals surface area (Å²) < 4.78 is 0.841. The van der Waals surface area contributed by atoms with E-state index in [1.807, 2.05) is 24.3 Å². The van der Waals surface area contributed by atoms with Crippen molar-refractivity contribution in [2.24, 2.45) is 5.73 Å². The van der Waals surface area contributed by atoms with Gasteiger partial charge in [-0.3, -0.25) is 5.41 Å². The lowest BCUT2D eigenvalue weighted by Crippen LogP contribution is -2.22. The molecule has 0 amide bonds. The molecule has 2 rings (SSSR count). The molecule has 0 aliphatic heterocycles. The van der Waals surface area contributed by atoms with Gasteiger partial charge in [0.15, 0.2) is 0 Å². The van der Waals surface area contributed by atoms with Crippen LogP contribution in [-0.4, -0.2) is 12.4 Å². The molecule has 0 fully saturated rings. The number of nitrogens with two attached hydrogens (primary N) is 1. The summed E-state index contributed by atoms with van der Waals surface area (Å²) in [6, 6.07) is 14.2. The minimum absolute atomic E-state index is 0.0681. The van der Waals surface area contributed by atoms with Gasteiger partial charge in [-0.15, -0.1) is 0 Å². The van der Waals surface area contributed by atoms with Crippen molar-refractivity contribution in [2.75, 3.05) is 11.4 Å². The highest BCUT2D eigenvalue weighted by molar-refractivity contribution is 9.10. The first-order valence-electron chi connectivity index (χ1n) is 6.51. The van der Waals surface area contributed by atoms with Crippen LogP contribution in [0.5, 0.6) is 0 Å². The zero-order valence-corrected chi connectivity index (χ0v) is 13.2. The van der Waals surface area contributed by atoms with Crippen LogP contribution in [0.2, 0.25) is 0 Å². The maximum atomic E-state index is 7.81. The van der Waals surface area contributed by atoms with Gasteiger partial charge in [0.05, 0.1) is 11.3 Å². The summed E-state index contributed by atoms with van der Waals surface area (Å²) in [5.74, 6) is 0.0681. The molecule has 0 bridgehead atoms. The van der Waals surface area contributed by atoms with E-state index in [4.69, 9.17) is 11.1 Å². The van der Waals surface area contributed by atoms with Crippen molar-refractivity contribution >= 4 is 33.1 Å². The number of anilines is 2. The van der Waals surface area contributed by atoms with Gasteiger partial charge in [0.1, 0.15) is 5.84 Å². The fraction of sp³-hybridized carbons (Fsp3) is 0.188. The van der Waals surface area contributed by atoms with E-state index in [1.54, 1.807) is 0 Å². The van der Waals surface area contributed by atoms with Gasteiger partial charge < -0.3 is 10.6 Å². The zero-order chi connectivity index (χ0) is 14.7. The number of rotatable bonds is 4. The molecule has 2 aromatic rings. The maximum absolute atomic E-state index is 7.81. The molecule has 0 saturated carbocycles. The minimum Gasteiger partial charge on any atom is -0.384 e. The van der Waals surface area contributed by atoms with Crippen molar-refractivity contribution in [1.82, 2.24) is 0 Å². The smallest absolute Gasteiger partial charge is 0.126 e. The lowest BCUT2D eigenvalue weighted by molar-refractivity contribution is 1.02. The number of amidine groups is 1. The van der Waals surface area contributed by atoms with E-state index in [9.17, 15) is 0 Å². The Morgan fingerprint density at radius 2 is 1.95 bits per heavy atom. The summed E-state index contributed by atoms with van der Waals surface area (Å²) in [6.07, 6.45) is 0. The van der Waals surface area contributed by atoms with Crippen LogP contribution in [0.15, 0.2) is 46.9 Å². The monoisotopic (exact) mass is 331 g/mol. The van der Waals surface area contributed by atoms with Gasteiger partial charge in [0.2, 0.25) is 0 Å². The van der Waals surface area contributed by atoms with Gasteiger partial charge in [-0.05, 0) is 59.6 Å². The topological polar surface area (TPSA) is 53.1 Å². The van der Waals surface area contributed by atoms with Crippen molar-refractivity contribution in [1.29, 1.82) is 5.41 Å². The van der Waals surface area contributed by atoms with Gasteiger partial charge in [-0.25, -0.2) is 0 Å². The first kappa shape index (κ1) is 14.6. The first-order valence-corrected chi connectivity index (χ1v) is 7.31. The van der Waals surface area contributed by atoms with Crippen LogP contribution < -0.4 is 10.6 Å². The normalized spacial score (nSPS) is 10.3. The number of aryl methyl sites for hydroxylation is 1. The van der Waals surface area contributed by atoms with E-state index < -0.39 is 0 Å². The standard InChI is InChI=1S/C16H18BrN3/c1-3-20(12-7-4-6-11(2)10-12)14-9-5-8-13(17)15(14)16(18)19/h4-10H,3H2,1-2H3,(H3,18,19). The molecule has 4 heteroatoms. The highest BCUT2D eigenvalue weighted by Gasteiger charge is 2.16. The second kappa shape index (κ2) is 6.09. The van der Waals surface area contributed by atoms with Gasteiger partial charge >= 0.3 is 0 Å². The number of nitrogens with one attached hydrogen (secondary N) is 1. The van der Waals surface area contributed by atoms with E-state index in [1.165, 1.54) is 5.56 Å². The van der Waals surface area contributed by atoms with Crippen molar-refractivity contribution in [3.63, 3.8) is 0 Å². The van der Waals surface area contributed by atoms with Crippen molar-refractivity contribution in [2.45, 2.75) is 13.8 Å². The third kappa shape index (κ3) is 2.85. The van der Waals surface area contributed by atoms with E-state index in [-0.39, 0.29) is 5.84 Å². The Hall–Kier alpha value is -1.81. The van der Waals surface area contributed by atoms with Crippen LogP contribution in [0.1, 0.15) is 18.1 Å². The molecule has 2 aromatic carbocycles. The van der Waals surface area contributed by atoms with Crippen molar-refractivity contribution in [3.8, 4) is 0 Å². The van der Waals surface area contributed by atoms with E-state index in [2.05, 4.69) is 52.9 Å². The predicted molar refractivity (Wildman–Crippen MR) is 89.0 cm³/mol. The number of halogens is 1. The number of benzene rings is 2. The van der Waals surface area contributed by atoms with Crippen LogP contribution in [0.25, 0.3) is 0 Å². The molecule has 0 aromatic heterocycles. The molecule has 3 N–H and O–H groups in total. The van der Waals surface area contributed by atoms with Crippen LogP contribution in [0.3, 0.4) is 0 Å². The summed E-state index contributed by atoms with van der Waals surface area (Å²) in [7, 11) is 0. The van der Waals surface area contributed by atoms with Crippen LogP contribution in [-0.2, 0) is 0 Å². The average molecular weight is 332 g/mol. The zero-order valence-electron chi connectivity index (χ0n) is 11.7. The summed E-state index contributed by atoms with van der Waals surface area (Å²) in [4.78, 5) is 2.16. The molecule has 0 unspecified atom stereocenters. The number of hydrogen-bond donors (Lipinski definition) is 2. The Balaban J connectivity index is 2.58. The molecule has 20 heavy (non-hydrogen) atoms. The highest BCUT2D eigenvalue weighted by atomic mass is 79.9. The molecular weight excluding hydrogens is 314 g/mol. The molecule has 0 aliphatic rings. The maximum Gasteiger partial charge on any atom is 0.126 e. The molecule has 0 saturated heterocycles. The molecule has 3 nitrogen and oxygen atoms in total. The highest BCUT2D eigenvalue weighted by Crippen LogP contribution is 2.32. The summed E-state index contributed by atoms with van der Waals surface area (Å²) in [6.45, 7) is 4.97. The molecule has 0 heterocycles. The SMILES string of the molecule is CCN(c1cccc(C)c1)c1cccc(Br)c1C(=N)N. The van der Waals surface area contributed by atoms with Crippen LogP contribution in [0.4, 0.5) is 11.4 Å². The Morgan fingerprint density at radius 1 is 1.25 bits per heavy atom. The largest absolute Gasteiger partial charge is 0.384 e. The Morgan fingerprint density at radius 3 is 2.55 bits per heavy atom. The van der Waals surface area contributed by atoms with E-state index in [0.717, 1.165) is 28.0 Å². The summed E-state index contributed by atoms with van der Waals surface area (Å²) >= 11 is 3.48. The summed E-state index contributed by atoms with van der Waals surface area (Å²) in [5.41, 5.74) is 9.73. The molecular formula is C16H18BrN3. The molecule has 0 atom stereocenters. The Labute approximate surface area is 128 Å². The third-order valence-corrected chi connectivity index (χ3v) is 3.84. The molecule has 104 valence electrons. The van der Waals surface area contributed by atoms with Crippen molar-refractivity contribution < 1.29 is 0 Å². The molecule has 0 aliphatic carbocycles. The Kier molecular flexibility index (Phi) is 4.45. The van der Waals surface area contributed by atoms with Crippen LogP contribution in [0, 0.1) is 12.3 Å². The molecule has 0 radical (unpaired) electrons. The quantitative estimate of drug-likeness (QED) is 0.651. The fourth-order valence-corrected chi connectivity index (χ4v) is 2.86. The second-order valence-electron chi connectivity index (χ2n) is 4.63. The minimum atomic E-state index is 0.0681. The second-order valence-corrected chi connectivity index (χ2v) is 5.49. The van der Waals surface area contributed by atoms with Gasteiger partial charge in [-0.1, -0.05) is 18.2 Å². The number of hydrogen-bond acceptors (Lipinski definition) is 2. The van der Waals surface area contributed by atoms with Gasteiger partial charge in [0.25, 0.3) is 0 Å². The van der Waals surface area contributed by atoms with Gasteiger partial charge in [0, 0.05) is 16.7 Å². The van der Waals surface area contributed by atoms with Crippen molar-refractivity contribution in [3.05, 3.63) is 58.1 Å². The van der Waals surface area contributed by atoms with Gasteiger partial charge in [-0.2, -0.15) is 0 Å². The summed E-state index contributed by atoms with van der Waals surface area (Å²) in [5, 5.41) is 7.81. The first-order chi connectivity index (χ1) is 9.54. The fourth-order valence-electron chi connectivity index (χ4n) is 2.29. The van der Waals surface area contributed by atoms with E-state index in [0.29, 0.717) is 0 Å². The number of nitrogens with zero attached hydrogens (tertiary/aromatic N) is 1. The number of nitrogen functional groups attached to an aromatic ring is 1.